The standard InChI is InChI=1S/2C4H9.C3H7O2.Al/c2*1-4(2)3;1-5-3-2-4;/h2*4H,1H2,2-3H3;3-4H,2H2,1H3;. The highest BCUT2D eigenvalue weighted by Crippen LogP contribution is 2.18. The lowest BCUT2D eigenvalue weighted by Crippen LogP contribution is -2.37. The fraction of sp³-hybridized carbons (Fsp3) is 1.00. The molecule has 1 N–H and O–H groups in total. The quantitative estimate of drug-likeness (QED) is 0.662. The summed E-state index contributed by atoms with van der Waals surface area (Å²) in [5.41, 5.74) is 0. The summed E-state index contributed by atoms with van der Waals surface area (Å²) in [5, 5.41) is 11.8. The highest BCUT2D eigenvalue weighted by Gasteiger charge is 2.29. The van der Waals surface area contributed by atoms with Gasteiger partial charge >= 0.3 is 14.1 Å². The third-order valence-electron chi connectivity index (χ3n) is 2.56. The first-order valence-electron chi connectivity index (χ1n) is 5.64. The summed E-state index contributed by atoms with van der Waals surface area (Å²) >= 11 is -0.937. The van der Waals surface area contributed by atoms with Crippen molar-refractivity contribution in [3.8, 4) is 0 Å². The summed E-state index contributed by atoms with van der Waals surface area (Å²) < 4.78 is 5.38. The molecule has 0 aliphatic heterocycles. The van der Waals surface area contributed by atoms with Crippen molar-refractivity contribution in [2.45, 2.75) is 43.2 Å². The maximum Gasteiger partial charge on any atom is 0.310 e. The van der Waals surface area contributed by atoms with Crippen LogP contribution in [0.3, 0.4) is 0 Å². The number of hydrogen-bond acceptors (Lipinski definition) is 2. The Morgan fingerprint density at radius 1 is 1.07 bits per heavy atom. The summed E-state index contributed by atoms with van der Waals surface area (Å²) in [4.78, 5) is 0.153. The molecule has 0 radical (unpaired) electrons. The van der Waals surface area contributed by atoms with Crippen LogP contribution in [0.15, 0.2) is 0 Å². The Kier molecular flexibility index (Phi) is 7.96. The van der Waals surface area contributed by atoms with Crippen molar-refractivity contribution in [3.05, 3.63) is 0 Å². The molecule has 1 atom stereocenters. The minimum Gasteiger partial charge on any atom is -0.395 e. The van der Waals surface area contributed by atoms with Gasteiger partial charge in [0.1, 0.15) is 0 Å². The molecule has 0 rings (SSSR count). The first-order valence-corrected chi connectivity index (χ1v) is 7.94. The van der Waals surface area contributed by atoms with Gasteiger partial charge in [0, 0.05) is 12.1 Å². The van der Waals surface area contributed by atoms with Crippen molar-refractivity contribution in [1.82, 2.24) is 0 Å². The lowest BCUT2D eigenvalue weighted by atomic mass is 10.3. The smallest absolute Gasteiger partial charge is 0.310 e. The van der Waals surface area contributed by atoms with E-state index in [1.165, 1.54) is 10.6 Å². The number of methoxy groups -OCH3 is 1. The predicted octanol–water partition coefficient (Wildman–Crippen LogP) is 2.34. The number of hydrogen-bond donors (Lipinski definition) is 1. The van der Waals surface area contributed by atoms with E-state index < -0.39 is 14.1 Å². The van der Waals surface area contributed by atoms with Crippen LogP contribution in [0.1, 0.15) is 27.7 Å². The van der Waals surface area contributed by atoms with E-state index in [4.69, 9.17) is 4.74 Å². The van der Waals surface area contributed by atoms with Gasteiger partial charge in [-0.2, -0.15) is 0 Å². The molecule has 2 nitrogen and oxygen atoms in total. The van der Waals surface area contributed by atoms with Crippen molar-refractivity contribution in [1.29, 1.82) is 0 Å². The maximum atomic E-state index is 9.23. The van der Waals surface area contributed by atoms with Crippen LogP contribution in [0.25, 0.3) is 0 Å². The Labute approximate surface area is 93.0 Å². The monoisotopic (exact) mass is 216 g/mol. The fourth-order valence-corrected chi connectivity index (χ4v) is 5.93. The molecule has 0 aromatic rings. The highest BCUT2D eigenvalue weighted by molar-refractivity contribution is 6.60. The average molecular weight is 216 g/mol. The molecule has 1 unspecified atom stereocenters. The van der Waals surface area contributed by atoms with E-state index in [0.717, 1.165) is 11.8 Å². The van der Waals surface area contributed by atoms with E-state index in [1.54, 1.807) is 7.11 Å². The van der Waals surface area contributed by atoms with Crippen LogP contribution in [0.2, 0.25) is 10.6 Å². The lowest BCUT2D eigenvalue weighted by Gasteiger charge is -2.23. The van der Waals surface area contributed by atoms with Gasteiger partial charge in [0.15, 0.2) is 0 Å². The van der Waals surface area contributed by atoms with Crippen molar-refractivity contribution >= 4 is 14.1 Å². The van der Waals surface area contributed by atoms with Gasteiger partial charge in [0.25, 0.3) is 0 Å². The zero-order valence-electron chi connectivity index (χ0n) is 10.3. The largest absolute Gasteiger partial charge is 0.395 e. The number of rotatable bonds is 7. The van der Waals surface area contributed by atoms with Crippen LogP contribution in [-0.4, -0.2) is 37.9 Å². The molecule has 0 bridgehead atoms. The molecule has 0 amide bonds. The van der Waals surface area contributed by atoms with Crippen molar-refractivity contribution in [2.75, 3.05) is 13.7 Å². The van der Waals surface area contributed by atoms with Gasteiger partial charge in [-0.25, -0.2) is 0 Å². The van der Waals surface area contributed by atoms with E-state index in [1.807, 2.05) is 0 Å². The summed E-state index contributed by atoms with van der Waals surface area (Å²) in [6, 6.07) is 0. The second kappa shape index (κ2) is 7.71. The molecule has 0 aromatic carbocycles. The summed E-state index contributed by atoms with van der Waals surface area (Å²) in [7, 11) is 1.72. The zero-order valence-corrected chi connectivity index (χ0v) is 11.4. The van der Waals surface area contributed by atoms with E-state index in [9.17, 15) is 5.11 Å². The van der Waals surface area contributed by atoms with Crippen LogP contribution < -0.4 is 0 Å². The minimum absolute atomic E-state index is 0.153. The van der Waals surface area contributed by atoms with Gasteiger partial charge in [0.05, 0.1) is 6.61 Å². The molecular weight excluding hydrogens is 191 g/mol. The number of aliphatic hydroxyl groups is 1. The normalized spacial score (nSPS) is 13.7. The van der Waals surface area contributed by atoms with Crippen LogP contribution >= 0.6 is 0 Å². The molecule has 14 heavy (non-hydrogen) atoms. The zero-order chi connectivity index (χ0) is 11.1. The summed E-state index contributed by atoms with van der Waals surface area (Å²) in [5.74, 6) is 1.46. The fourth-order valence-electron chi connectivity index (χ4n) is 2.03. The second-order valence-electron chi connectivity index (χ2n) is 4.98. The van der Waals surface area contributed by atoms with Crippen LogP contribution in [0.4, 0.5) is 0 Å². The Bertz CT molecular complexity index is 123. The third-order valence-corrected chi connectivity index (χ3v) is 7.19. The lowest BCUT2D eigenvalue weighted by molar-refractivity contribution is 0.0977. The molecular formula is C11H25AlO2. The molecule has 0 heterocycles. The van der Waals surface area contributed by atoms with E-state index >= 15 is 0 Å². The Morgan fingerprint density at radius 2 is 1.50 bits per heavy atom. The minimum atomic E-state index is -0.937. The van der Waals surface area contributed by atoms with Crippen LogP contribution in [0.5, 0.6) is 0 Å². The third kappa shape index (κ3) is 6.03. The van der Waals surface area contributed by atoms with Crippen LogP contribution in [0, 0.1) is 11.8 Å². The predicted molar refractivity (Wildman–Crippen MR) is 62.9 cm³/mol. The van der Waals surface area contributed by atoms with E-state index in [-0.39, 0.29) is 11.6 Å². The van der Waals surface area contributed by atoms with Crippen LogP contribution in [-0.2, 0) is 4.74 Å². The second-order valence-corrected chi connectivity index (χ2v) is 8.18. The molecule has 0 saturated heterocycles. The first kappa shape index (κ1) is 14.5. The summed E-state index contributed by atoms with van der Waals surface area (Å²) in [6.45, 7) is 9.22. The van der Waals surface area contributed by atoms with Crippen molar-refractivity contribution < 1.29 is 9.84 Å². The first-order chi connectivity index (χ1) is 6.51. The molecule has 3 heteroatoms. The Balaban J connectivity index is 4.20. The van der Waals surface area contributed by atoms with Gasteiger partial charge in [-0.3, -0.25) is 0 Å². The van der Waals surface area contributed by atoms with E-state index in [0.29, 0.717) is 0 Å². The number of ether oxygens (including phenoxy) is 1. The molecule has 0 aromatic heterocycles. The van der Waals surface area contributed by atoms with Gasteiger partial charge in [-0.05, 0) is 0 Å². The highest BCUT2D eigenvalue weighted by atomic mass is 27.2. The van der Waals surface area contributed by atoms with Gasteiger partial charge in [-0.1, -0.05) is 50.1 Å². The topological polar surface area (TPSA) is 29.5 Å². The molecule has 0 fully saturated rings. The molecule has 0 aliphatic rings. The Morgan fingerprint density at radius 3 is 1.71 bits per heavy atom. The number of aliphatic hydroxyl groups excluding tert-OH is 1. The van der Waals surface area contributed by atoms with Gasteiger partial charge < -0.3 is 9.84 Å². The SMILES string of the molecule is CO[CH](CO)[Al]([CH2]C(C)C)[CH2]C(C)C. The molecule has 0 aliphatic carbocycles. The van der Waals surface area contributed by atoms with Gasteiger partial charge in [0.2, 0.25) is 0 Å². The molecule has 84 valence electrons. The van der Waals surface area contributed by atoms with E-state index in [2.05, 4.69) is 27.7 Å². The summed E-state index contributed by atoms with van der Waals surface area (Å²) in [6.07, 6.45) is 0. The van der Waals surface area contributed by atoms with Gasteiger partial charge in [-0.15, -0.1) is 0 Å². The van der Waals surface area contributed by atoms with Crippen molar-refractivity contribution in [3.63, 3.8) is 0 Å². The maximum absolute atomic E-state index is 9.23. The van der Waals surface area contributed by atoms with Crippen molar-refractivity contribution in [2.24, 2.45) is 11.8 Å². The average Bonchev–Trinajstić information content (AvgIpc) is 2.03. The Hall–Kier alpha value is 0.452. The molecule has 0 saturated carbocycles. The molecule has 0 spiro atoms.